The molecule has 3 aromatic rings. The Labute approximate surface area is 133 Å². The second-order valence-corrected chi connectivity index (χ2v) is 5.78. The molecular formula is C17H14Cl2N2. The molecule has 0 aliphatic carbocycles. The third-order valence-corrected chi connectivity index (χ3v) is 4.25. The molecule has 0 saturated carbocycles. The van der Waals surface area contributed by atoms with Crippen LogP contribution < -0.4 is 5.73 Å². The van der Waals surface area contributed by atoms with Crippen LogP contribution in [-0.4, -0.2) is 4.98 Å². The van der Waals surface area contributed by atoms with Crippen LogP contribution in [0.15, 0.2) is 54.7 Å². The van der Waals surface area contributed by atoms with Crippen molar-refractivity contribution in [1.82, 2.24) is 4.98 Å². The fourth-order valence-corrected chi connectivity index (χ4v) is 2.93. The molecule has 0 bridgehead atoms. The first-order valence-electron chi connectivity index (χ1n) is 6.68. The van der Waals surface area contributed by atoms with E-state index in [1.165, 1.54) is 0 Å². The van der Waals surface area contributed by atoms with Crippen molar-refractivity contribution in [3.63, 3.8) is 0 Å². The van der Waals surface area contributed by atoms with Crippen molar-refractivity contribution in [3.05, 3.63) is 75.9 Å². The van der Waals surface area contributed by atoms with E-state index in [4.69, 9.17) is 28.9 Å². The molecule has 21 heavy (non-hydrogen) atoms. The minimum Gasteiger partial charge on any atom is -0.324 e. The number of nitrogens with zero attached hydrogens (tertiary/aromatic N) is 1. The summed E-state index contributed by atoms with van der Waals surface area (Å²) in [6.45, 7) is 0. The van der Waals surface area contributed by atoms with Crippen LogP contribution in [0, 0.1) is 0 Å². The minimum absolute atomic E-state index is 0.172. The summed E-state index contributed by atoms with van der Waals surface area (Å²) in [6.07, 6.45) is 2.37. The zero-order chi connectivity index (χ0) is 14.8. The second kappa shape index (κ2) is 6.02. The lowest BCUT2D eigenvalue weighted by Crippen LogP contribution is -2.14. The quantitative estimate of drug-likeness (QED) is 0.755. The summed E-state index contributed by atoms with van der Waals surface area (Å²) < 4.78 is 0. The molecule has 3 rings (SSSR count). The maximum absolute atomic E-state index is 6.31. The van der Waals surface area contributed by atoms with Crippen LogP contribution in [0.2, 0.25) is 10.0 Å². The number of nitrogens with two attached hydrogens (primary N) is 1. The van der Waals surface area contributed by atoms with Gasteiger partial charge in [0.1, 0.15) is 0 Å². The van der Waals surface area contributed by atoms with Gasteiger partial charge in [0.15, 0.2) is 0 Å². The number of rotatable bonds is 3. The van der Waals surface area contributed by atoms with Crippen molar-refractivity contribution >= 4 is 34.1 Å². The largest absolute Gasteiger partial charge is 0.324 e. The fourth-order valence-electron chi connectivity index (χ4n) is 2.38. The van der Waals surface area contributed by atoms with Gasteiger partial charge in [-0.15, -0.1) is 0 Å². The molecule has 0 aliphatic rings. The van der Waals surface area contributed by atoms with E-state index >= 15 is 0 Å². The van der Waals surface area contributed by atoms with Gasteiger partial charge < -0.3 is 5.73 Å². The summed E-state index contributed by atoms with van der Waals surface area (Å²) >= 11 is 12.4. The first-order valence-corrected chi connectivity index (χ1v) is 7.44. The molecule has 4 heteroatoms. The molecule has 1 unspecified atom stereocenters. The molecule has 1 heterocycles. The highest BCUT2D eigenvalue weighted by atomic mass is 35.5. The van der Waals surface area contributed by atoms with E-state index in [0.717, 1.165) is 22.0 Å². The topological polar surface area (TPSA) is 38.9 Å². The normalized spacial score (nSPS) is 12.5. The van der Waals surface area contributed by atoms with Crippen LogP contribution in [0.3, 0.4) is 0 Å². The van der Waals surface area contributed by atoms with Crippen LogP contribution in [0.5, 0.6) is 0 Å². The Bertz CT molecular complexity index is 766. The third kappa shape index (κ3) is 3.03. The van der Waals surface area contributed by atoms with E-state index in [0.29, 0.717) is 16.5 Å². The Balaban J connectivity index is 1.91. The van der Waals surface area contributed by atoms with Crippen molar-refractivity contribution in [2.45, 2.75) is 12.5 Å². The van der Waals surface area contributed by atoms with Gasteiger partial charge in [-0.3, -0.25) is 4.98 Å². The number of halogens is 2. The lowest BCUT2D eigenvalue weighted by atomic mass is 9.98. The number of benzene rings is 2. The van der Waals surface area contributed by atoms with Gasteiger partial charge >= 0.3 is 0 Å². The SMILES string of the molecule is NC(Cc1c(Cl)cccc1Cl)c1ccc2cccnc2c1. The van der Waals surface area contributed by atoms with Gasteiger partial charge in [-0.05, 0) is 41.8 Å². The highest BCUT2D eigenvalue weighted by Gasteiger charge is 2.13. The molecule has 0 radical (unpaired) electrons. The Morgan fingerprint density at radius 3 is 2.52 bits per heavy atom. The zero-order valence-electron chi connectivity index (χ0n) is 11.3. The van der Waals surface area contributed by atoms with E-state index < -0.39 is 0 Å². The van der Waals surface area contributed by atoms with E-state index in [1.54, 1.807) is 6.20 Å². The van der Waals surface area contributed by atoms with Crippen LogP contribution in [0.4, 0.5) is 0 Å². The lowest BCUT2D eigenvalue weighted by Gasteiger charge is -2.15. The first-order chi connectivity index (χ1) is 10.1. The smallest absolute Gasteiger partial charge is 0.0705 e. The van der Waals surface area contributed by atoms with Gasteiger partial charge in [0, 0.05) is 27.7 Å². The minimum atomic E-state index is -0.172. The van der Waals surface area contributed by atoms with Crippen LogP contribution in [0.25, 0.3) is 10.9 Å². The number of fused-ring (bicyclic) bond motifs is 1. The summed E-state index contributed by atoms with van der Waals surface area (Å²) in [5, 5.41) is 2.40. The molecule has 0 aliphatic heterocycles. The summed E-state index contributed by atoms with van der Waals surface area (Å²) in [7, 11) is 0. The predicted molar refractivity (Wildman–Crippen MR) is 88.8 cm³/mol. The van der Waals surface area contributed by atoms with E-state index in [2.05, 4.69) is 4.98 Å². The average molecular weight is 317 g/mol. The molecule has 0 amide bonds. The molecule has 1 atom stereocenters. The monoisotopic (exact) mass is 316 g/mol. The molecule has 0 fully saturated rings. The summed E-state index contributed by atoms with van der Waals surface area (Å²) in [5.41, 5.74) is 9.16. The molecule has 2 N–H and O–H groups in total. The maximum atomic E-state index is 6.31. The number of hydrogen-bond acceptors (Lipinski definition) is 2. The molecule has 2 aromatic carbocycles. The van der Waals surface area contributed by atoms with Crippen molar-refractivity contribution < 1.29 is 0 Å². The average Bonchev–Trinajstić information content (AvgIpc) is 2.50. The fraction of sp³-hybridized carbons (Fsp3) is 0.118. The molecule has 106 valence electrons. The Kier molecular flexibility index (Phi) is 4.11. The van der Waals surface area contributed by atoms with Gasteiger partial charge in [0.05, 0.1) is 5.52 Å². The Hall–Kier alpha value is -1.61. The Morgan fingerprint density at radius 1 is 1.00 bits per heavy atom. The third-order valence-electron chi connectivity index (χ3n) is 3.54. The molecule has 1 aromatic heterocycles. The van der Waals surface area contributed by atoms with Gasteiger partial charge in [0.25, 0.3) is 0 Å². The molecule has 2 nitrogen and oxygen atoms in total. The van der Waals surface area contributed by atoms with Gasteiger partial charge in [0.2, 0.25) is 0 Å². The number of pyridine rings is 1. The van der Waals surface area contributed by atoms with Crippen LogP contribution in [-0.2, 0) is 6.42 Å². The Morgan fingerprint density at radius 2 is 1.76 bits per heavy atom. The first kappa shape index (κ1) is 14.3. The van der Waals surface area contributed by atoms with Crippen molar-refractivity contribution in [3.8, 4) is 0 Å². The van der Waals surface area contributed by atoms with Crippen molar-refractivity contribution in [2.75, 3.05) is 0 Å². The highest BCUT2D eigenvalue weighted by Crippen LogP contribution is 2.29. The standard InChI is InChI=1S/C17H14Cl2N2/c18-14-4-1-5-15(19)13(14)10-16(20)12-7-6-11-3-2-8-21-17(11)9-12/h1-9,16H,10,20H2. The van der Waals surface area contributed by atoms with Crippen molar-refractivity contribution in [2.24, 2.45) is 5.73 Å². The van der Waals surface area contributed by atoms with Crippen LogP contribution in [0.1, 0.15) is 17.2 Å². The highest BCUT2D eigenvalue weighted by molar-refractivity contribution is 6.36. The molecular weight excluding hydrogens is 303 g/mol. The summed E-state index contributed by atoms with van der Waals surface area (Å²) in [6, 6.07) is 15.4. The van der Waals surface area contributed by atoms with Gasteiger partial charge in [-0.25, -0.2) is 0 Å². The number of hydrogen-bond donors (Lipinski definition) is 1. The zero-order valence-corrected chi connectivity index (χ0v) is 12.8. The van der Waals surface area contributed by atoms with E-state index in [1.807, 2.05) is 48.5 Å². The molecule has 0 saturated heterocycles. The number of aromatic nitrogens is 1. The lowest BCUT2D eigenvalue weighted by molar-refractivity contribution is 0.723. The summed E-state index contributed by atoms with van der Waals surface area (Å²) in [5.74, 6) is 0. The summed E-state index contributed by atoms with van der Waals surface area (Å²) in [4.78, 5) is 4.36. The van der Waals surface area contributed by atoms with Gasteiger partial charge in [-0.1, -0.05) is 47.5 Å². The van der Waals surface area contributed by atoms with Gasteiger partial charge in [-0.2, -0.15) is 0 Å². The maximum Gasteiger partial charge on any atom is 0.0705 e. The van der Waals surface area contributed by atoms with Crippen LogP contribution >= 0.6 is 23.2 Å². The second-order valence-electron chi connectivity index (χ2n) is 4.97. The van der Waals surface area contributed by atoms with Crippen molar-refractivity contribution in [1.29, 1.82) is 0 Å². The van der Waals surface area contributed by atoms with E-state index in [-0.39, 0.29) is 6.04 Å². The predicted octanol–water partition coefficient (Wildman–Crippen LogP) is 4.78. The molecule has 0 spiro atoms. The van der Waals surface area contributed by atoms with E-state index in [9.17, 15) is 0 Å².